The first-order valence-electron chi connectivity index (χ1n) is 5.91. The van der Waals surface area contributed by atoms with E-state index in [2.05, 4.69) is 24.3 Å². The van der Waals surface area contributed by atoms with Crippen molar-refractivity contribution in [2.45, 2.75) is 45.6 Å². The zero-order chi connectivity index (χ0) is 10.8. The fraction of sp³-hybridized carbons (Fsp3) is 0.750. The minimum Gasteiger partial charge on any atom is -0.314 e. The molecule has 1 aliphatic rings. The molecule has 0 aliphatic carbocycles. The maximum Gasteiger partial charge on any atom is 0.0657 e. The summed E-state index contributed by atoms with van der Waals surface area (Å²) in [7, 11) is 2.03. The molecule has 2 heterocycles. The van der Waals surface area contributed by atoms with E-state index in [1.54, 1.807) is 0 Å². The molecule has 0 radical (unpaired) electrons. The number of hydrogen-bond acceptors (Lipinski definition) is 2. The lowest BCUT2D eigenvalue weighted by Crippen LogP contribution is -2.21. The molecular weight excluding hydrogens is 186 g/mol. The molecule has 84 valence electrons. The molecule has 1 aromatic heterocycles. The van der Waals surface area contributed by atoms with Crippen LogP contribution >= 0.6 is 0 Å². The quantitative estimate of drug-likeness (QED) is 0.818. The number of hydrogen-bond donors (Lipinski definition) is 1. The van der Waals surface area contributed by atoms with E-state index in [9.17, 15) is 0 Å². The van der Waals surface area contributed by atoms with Crippen LogP contribution in [0.1, 0.15) is 36.2 Å². The largest absolute Gasteiger partial charge is 0.314 e. The van der Waals surface area contributed by atoms with Gasteiger partial charge in [-0.25, -0.2) is 0 Å². The van der Waals surface area contributed by atoms with Gasteiger partial charge in [0, 0.05) is 18.8 Å². The minimum atomic E-state index is 0.728. The Balaban J connectivity index is 1.95. The number of aromatic nitrogens is 2. The van der Waals surface area contributed by atoms with E-state index in [1.165, 1.54) is 42.8 Å². The number of nitrogens with zero attached hydrogens (tertiary/aromatic N) is 2. The summed E-state index contributed by atoms with van der Waals surface area (Å²) < 4.78 is 1.99. The van der Waals surface area contributed by atoms with Gasteiger partial charge < -0.3 is 5.32 Å². The van der Waals surface area contributed by atoms with Crippen molar-refractivity contribution in [3.63, 3.8) is 0 Å². The van der Waals surface area contributed by atoms with Crippen LogP contribution in [0.25, 0.3) is 0 Å². The van der Waals surface area contributed by atoms with Gasteiger partial charge in [-0.05, 0) is 51.6 Å². The summed E-state index contributed by atoms with van der Waals surface area (Å²) in [5, 5.41) is 8.09. The smallest absolute Gasteiger partial charge is 0.0657 e. The summed E-state index contributed by atoms with van der Waals surface area (Å²) in [5.74, 6) is 0. The van der Waals surface area contributed by atoms with Gasteiger partial charge in [0.25, 0.3) is 0 Å². The molecule has 1 unspecified atom stereocenters. The predicted octanol–water partition coefficient (Wildman–Crippen LogP) is 1.72. The van der Waals surface area contributed by atoms with Gasteiger partial charge in [0.2, 0.25) is 0 Å². The molecule has 1 atom stereocenters. The van der Waals surface area contributed by atoms with E-state index in [-0.39, 0.29) is 0 Å². The summed E-state index contributed by atoms with van der Waals surface area (Å²) in [5.41, 5.74) is 3.95. The average molecular weight is 207 g/mol. The van der Waals surface area contributed by atoms with E-state index < -0.39 is 0 Å². The van der Waals surface area contributed by atoms with Crippen molar-refractivity contribution in [1.82, 2.24) is 15.1 Å². The zero-order valence-corrected chi connectivity index (χ0v) is 10.0. The van der Waals surface area contributed by atoms with Crippen molar-refractivity contribution in [2.24, 2.45) is 7.05 Å². The van der Waals surface area contributed by atoms with Gasteiger partial charge >= 0.3 is 0 Å². The van der Waals surface area contributed by atoms with Crippen molar-refractivity contribution in [3.05, 3.63) is 17.0 Å². The predicted molar refractivity (Wildman–Crippen MR) is 62.0 cm³/mol. The molecule has 1 N–H and O–H groups in total. The molecule has 0 saturated carbocycles. The summed E-state index contributed by atoms with van der Waals surface area (Å²) in [6, 6.07) is 0.728. The Bertz CT molecular complexity index is 335. The van der Waals surface area contributed by atoms with Crippen LogP contribution in [0.2, 0.25) is 0 Å². The highest BCUT2D eigenvalue weighted by Crippen LogP contribution is 2.16. The lowest BCUT2D eigenvalue weighted by Gasteiger charge is -2.08. The average Bonchev–Trinajstić information content (AvgIpc) is 2.80. The molecule has 0 amide bonds. The first kappa shape index (κ1) is 10.7. The third-order valence-electron chi connectivity index (χ3n) is 3.62. The first-order valence-corrected chi connectivity index (χ1v) is 5.91. The fourth-order valence-corrected chi connectivity index (χ4v) is 2.33. The summed E-state index contributed by atoms with van der Waals surface area (Å²) >= 11 is 0. The molecule has 0 aromatic carbocycles. The second-order valence-corrected chi connectivity index (χ2v) is 4.61. The fourth-order valence-electron chi connectivity index (χ4n) is 2.33. The van der Waals surface area contributed by atoms with Crippen molar-refractivity contribution in [1.29, 1.82) is 0 Å². The molecule has 0 spiro atoms. The highest BCUT2D eigenvalue weighted by atomic mass is 15.3. The van der Waals surface area contributed by atoms with Crippen LogP contribution in [0, 0.1) is 13.8 Å². The molecule has 1 saturated heterocycles. The second kappa shape index (κ2) is 4.35. The topological polar surface area (TPSA) is 29.9 Å². The maximum absolute atomic E-state index is 4.56. The summed E-state index contributed by atoms with van der Waals surface area (Å²) in [6.07, 6.45) is 5.03. The lowest BCUT2D eigenvalue weighted by molar-refractivity contribution is 0.551. The Hall–Kier alpha value is -0.830. The molecule has 1 aliphatic heterocycles. The highest BCUT2D eigenvalue weighted by Gasteiger charge is 2.15. The Morgan fingerprint density at radius 2 is 2.27 bits per heavy atom. The van der Waals surface area contributed by atoms with Gasteiger partial charge in [-0.3, -0.25) is 4.68 Å². The summed E-state index contributed by atoms with van der Waals surface area (Å²) in [4.78, 5) is 0. The van der Waals surface area contributed by atoms with Crippen LogP contribution < -0.4 is 5.32 Å². The van der Waals surface area contributed by atoms with E-state index in [1.807, 2.05) is 11.7 Å². The van der Waals surface area contributed by atoms with Gasteiger partial charge in [0.15, 0.2) is 0 Å². The molecule has 3 heteroatoms. The normalized spacial score (nSPS) is 21.1. The van der Waals surface area contributed by atoms with Gasteiger partial charge in [0.1, 0.15) is 0 Å². The van der Waals surface area contributed by atoms with Crippen LogP contribution in [0.5, 0.6) is 0 Å². The number of rotatable bonds is 3. The second-order valence-electron chi connectivity index (χ2n) is 4.61. The SMILES string of the molecule is Cc1c(CCC2CCCN2)nn(C)c1C. The minimum absolute atomic E-state index is 0.728. The molecule has 15 heavy (non-hydrogen) atoms. The van der Waals surface area contributed by atoms with Gasteiger partial charge in [-0.2, -0.15) is 5.10 Å². The summed E-state index contributed by atoms with van der Waals surface area (Å²) in [6.45, 7) is 5.52. The highest BCUT2D eigenvalue weighted by molar-refractivity contribution is 5.23. The standard InChI is InChI=1S/C12H21N3/c1-9-10(2)15(3)14-12(9)7-6-11-5-4-8-13-11/h11,13H,4-8H2,1-3H3. The van der Waals surface area contributed by atoms with Crippen LogP contribution in [0.15, 0.2) is 0 Å². The van der Waals surface area contributed by atoms with E-state index in [0.717, 1.165) is 12.5 Å². The van der Waals surface area contributed by atoms with Crippen LogP contribution in [-0.2, 0) is 13.5 Å². The number of aryl methyl sites for hydroxylation is 2. The number of nitrogens with one attached hydrogen (secondary N) is 1. The van der Waals surface area contributed by atoms with E-state index in [4.69, 9.17) is 0 Å². The molecule has 0 bridgehead atoms. The third-order valence-corrected chi connectivity index (χ3v) is 3.62. The Labute approximate surface area is 91.9 Å². The van der Waals surface area contributed by atoms with Gasteiger partial charge in [-0.15, -0.1) is 0 Å². The van der Waals surface area contributed by atoms with Gasteiger partial charge in [-0.1, -0.05) is 0 Å². The van der Waals surface area contributed by atoms with Crippen LogP contribution in [0.3, 0.4) is 0 Å². The molecule has 2 rings (SSSR count). The van der Waals surface area contributed by atoms with E-state index in [0.29, 0.717) is 0 Å². The first-order chi connectivity index (χ1) is 7.18. The monoisotopic (exact) mass is 207 g/mol. The van der Waals surface area contributed by atoms with Crippen molar-refractivity contribution in [3.8, 4) is 0 Å². The molecular formula is C12H21N3. The van der Waals surface area contributed by atoms with Crippen molar-refractivity contribution < 1.29 is 0 Å². The van der Waals surface area contributed by atoms with Gasteiger partial charge in [0.05, 0.1) is 5.69 Å². The molecule has 3 nitrogen and oxygen atoms in total. The third kappa shape index (κ3) is 2.23. The van der Waals surface area contributed by atoms with Crippen molar-refractivity contribution in [2.75, 3.05) is 6.54 Å². The van der Waals surface area contributed by atoms with Crippen molar-refractivity contribution >= 4 is 0 Å². The maximum atomic E-state index is 4.56. The lowest BCUT2D eigenvalue weighted by atomic mass is 10.1. The zero-order valence-electron chi connectivity index (χ0n) is 10.0. The Morgan fingerprint density at radius 3 is 2.80 bits per heavy atom. The van der Waals surface area contributed by atoms with Crippen LogP contribution in [-0.4, -0.2) is 22.4 Å². The van der Waals surface area contributed by atoms with E-state index >= 15 is 0 Å². The van der Waals surface area contributed by atoms with Crippen LogP contribution in [0.4, 0.5) is 0 Å². The molecule has 1 aromatic rings. The molecule has 1 fully saturated rings. The Kier molecular flexibility index (Phi) is 3.10. The Morgan fingerprint density at radius 1 is 1.47 bits per heavy atom.